The molecule has 0 radical (unpaired) electrons. The number of aromatic nitrogens is 4. The number of rotatable bonds is 1. The summed E-state index contributed by atoms with van der Waals surface area (Å²) in [5.41, 5.74) is 10.5. The molecule has 3 aromatic rings. The highest BCUT2D eigenvalue weighted by Gasteiger charge is 2.29. The molecule has 32 heavy (non-hydrogen) atoms. The van der Waals surface area contributed by atoms with Crippen LogP contribution in [0, 0.1) is 0 Å². The molecule has 3 N–H and O–H groups in total. The lowest BCUT2D eigenvalue weighted by atomic mass is 9.87. The van der Waals surface area contributed by atoms with E-state index in [2.05, 4.69) is 32.0 Å². The smallest absolute Gasteiger partial charge is 0.328 e. The predicted molar refractivity (Wildman–Crippen MR) is 120 cm³/mol. The van der Waals surface area contributed by atoms with E-state index in [1.54, 1.807) is 4.57 Å². The molecule has 4 bridgehead atoms. The summed E-state index contributed by atoms with van der Waals surface area (Å²) in [5.74, 6) is 1.10. The largest absolute Gasteiger partial charge is 0.494 e. The molecule has 9 nitrogen and oxygen atoms in total. The zero-order valence-electron chi connectivity index (χ0n) is 18.1. The van der Waals surface area contributed by atoms with Crippen molar-refractivity contribution in [3.63, 3.8) is 0 Å². The number of hydrogen-bond acceptors (Lipinski definition) is 7. The molecule has 2 aromatic heterocycles. The van der Waals surface area contributed by atoms with Crippen LogP contribution in [0.5, 0.6) is 11.8 Å². The van der Waals surface area contributed by atoms with Gasteiger partial charge in [-0.1, -0.05) is 6.42 Å². The number of nitrogens with two attached hydrogens (primary N) is 1. The highest BCUT2D eigenvalue weighted by molar-refractivity contribution is 5.82. The van der Waals surface area contributed by atoms with E-state index >= 15 is 0 Å². The number of ether oxygens (including phenoxy) is 2. The first-order chi connectivity index (χ1) is 15.7. The van der Waals surface area contributed by atoms with E-state index in [-0.39, 0.29) is 17.5 Å². The Hall–Kier alpha value is -3.07. The highest BCUT2D eigenvalue weighted by Crippen LogP contribution is 2.34. The summed E-state index contributed by atoms with van der Waals surface area (Å²) in [6.07, 6.45) is 6.58. The number of benzene rings is 1. The number of aromatic amines is 1. The Labute approximate surface area is 185 Å². The van der Waals surface area contributed by atoms with Crippen LogP contribution in [0.3, 0.4) is 0 Å². The van der Waals surface area contributed by atoms with Crippen molar-refractivity contribution in [2.24, 2.45) is 0 Å². The third-order valence-corrected chi connectivity index (χ3v) is 7.03. The van der Waals surface area contributed by atoms with Crippen LogP contribution in [0.2, 0.25) is 0 Å². The van der Waals surface area contributed by atoms with Gasteiger partial charge < -0.3 is 20.2 Å². The Balaban J connectivity index is 1.47. The molecule has 1 fully saturated rings. The number of imidazole rings is 1. The normalized spacial score (nSPS) is 19.6. The van der Waals surface area contributed by atoms with E-state index in [4.69, 9.17) is 15.2 Å². The summed E-state index contributed by atoms with van der Waals surface area (Å²) in [6, 6.07) is 5.18. The molecule has 2 aliphatic heterocycles. The van der Waals surface area contributed by atoms with Gasteiger partial charge in [-0.2, -0.15) is 9.97 Å². The summed E-state index contributed by atoms with van der Waals surface area (Å²) in [6.45, 7) is 3.48. The predicted octanol–water partition coefficient (Wildman–Crippen LogP) is 2.21. The Morgan fingerprint density at radius 1 is 1.03 bits per heavy atom. The van der Waals surface area contributed by atoms with Crippen LogP contribution < -0.4 is 20.9 Å². The van der Waals surface area contributed by atoms with E-state index in [9.17, 15) is 4.79 Å². The first kappa shape index (κ1) is 19.6. The van der Waals surface area contributed by atoms with Gasteiger partial charge in [0, 0.05) is 19.1 Å². The van der Waals surface area contributed by atoms with Gasteiger partial charge >= 0.3 is 11.7 Å². The summed E-state index contributed by atoms with van der Waals surface area (Å²) in [7, 11) is 0. The van der Waals surface area contributed by atoms with Gasteiger partial charge in [-0.05, 0) is 60.9 Å². The Kier molecular flexibility index (Phi) is 4.78. The lowest BCUT2D eigenvalue weighted by molar-refractivity contribution is 0.113. The minimum atomic E-state index is -0.253. The van der Waals surface area contributed by atoms with Crippen LogP contribution >= 0.6 is 0 Å². The number of nitrogen functional groups attached to an aromatic ring is 1. The second-order valence-electron chi connectivity index (χ2n) is 9.04. The van der Waals surface area contributed by atoms with Crippen molar-refractivity contribution in [2.75, 3.05) is 25.5 Å². The molecule has 0 spiro atoms. The summed E-state index contributed by atoms with van der Waals surface area (Å²) < 4.78 is 13.4. The van der Waals surface area contributed by atoms with Gasteiger partial charge in [0.2, 0.25) is 0 Å². The maximum absolute atomic E-state index is 12.9. The van der Waals surface area contributed by atoms with Crippen molar-refractivity contribution in [1.82, 2.24) is 24.4 Å². The lowest BCUT2D eigenvalue weighted by Gasteiger charge is -2.41. The molecule has 0 saturated heterocycles. The number of hydrogen-bond donors (Lipinski definition) is 2. The SMILES string of the molecule is Nc1nc2nc3c1[nH]c(=O)n3Cc1cc(cc3c1CN(C1CCC1)CC3)OCCCCO2. The van der Waals surface area contributed by atoms with Crippen LogP contribution in [0.4, 0.5) is 5.82 Å². The number of nitrogens with zero attached hydrogens (tertiary/aromatic N) is 4. The summed E-state index contributed by atoms with van der Waals surface area (Å²) in [4.78, 5) is 27.0. The van der Waals surface area contributed by atoms with Gasteiger partial charge in [0.1, 0.15) is 11.3 Å². The van der Waals surface area contributed by atoms with Crippen molar-refractivity contribution in [3.8, 4) is 11.8 Å². The highest BCUT2D eigenvalue weighted by atomic mass is 16.5. The Morgan fingerprint density at radius 2 is 1.84 bits per heavy atom. The minimum absolute atomic E-state index is 0.202. The molecule has 4 heterocycles. The fourth-order valence-corrected chi connectivity index (χ4v) is 5.00. The lowest BCUT2D eigenvalue weighted by Crippen LogP contribution is -2.43. The average Bonchev–Trinajstić information content (AvgIpc) is 3.05. The van der Waals surface area contributed by atoms with Crippen molar-refractivity contribution in [2.45, 2.75) is 57.7 Å². The topological polar surface area (TPSA) is 111 Å². The summed E-state index contributed by atoms with van der Waals surface area (Å²) >= 11 is 0. The molecular formula is C23H28N6O3. The fourth-order valence-electron chi connectivity index (χ4n) is 5.00. The third-order valence-electron chi connectivity index (χ3n) is 7.03. The van der Waals surface area contributed by atoms with Gasteiger partial charge in [0.25, 0.3) is 0 Å². The van der Waals surface area contributed by atoms with E-state index in [0.29, 0.717) is 37.0 Å². The van der Waals surface area contributed by atoms with Crippen molar-refractivity contribution in [3.05, 3.63) is 39.3 Å². The molecule has 0 atom stereocenters. The number of H-pyrrole nitrogens is 1. The van der Waals surface area contributed by atoms with Crippen LogP contribution in [0.1, 0.15) is 48.8 Å². The molecule has 1 aromatic carbocycles. The van der Waals surface area contributed by atoms with Crippen molar-refractivity contribution in [1.29, 1.82) is 0 Å². The van der Waals surface area contributed by atoms with Gasteiger partial charge in [-0.3, -0.25) is 9.47 Å². The quantitative estimate of drug-likeness (QED) is 0.602. The molecule has 1 aliphatic carbocycles. The van der Waals surface area contributed by atoms with Crippen molar-refractivity contribution < 1.29 is 9.47 Å². The standard InChI is InChI=1S/C23H28N6O3/c24-20-19-21-27-22(26-20)32-9-2-1-8-31-17-10-14-6-7-28(16-4-3-5-16)13-18(14)15(11-17)12-29(21)23(30)25-19/h10-11,16H,1-9,12-13H2,(H,25,30)(H2,24,26,27). The zero-order valence-corrected chi connectivity index (χ0v) is 18.1. The molecule has 168 valence electrons. The van der Waals surface area contributed by atoms with E-state index < -0.39 is 0 Å². The first-order valence-electron chi connectivity index (χ1n) is 11.6. The fraction of sp³-hybridized carbons (Fsp3) is 0.522. The van der Waals surface area contributed by atoms with Crippen LogP contribution in [0.25, 0.3) is 11.2 Å². The second-order valence-corrected chi connectivity index (χ2v) is 9.04. The Bertz CT molecular complexity index is 1230. The van der Waals surface area contributed by atoms with Gasteiger partial charge in [-0.25, -0.2) is 4.79 Å². The third kappa shape index (κ3) is 3.40. The van der Waals surface area contributed by atoms with Crippen molar-refractivity contribution >= 4 is 17.0 Å². The van der Waals surface area contributed by atoms with Gasteiger partial charge in [0.15, 0.2) is 11.5 Å². The van der Waals surface area contributed by atoms with E-state index in [0.717, 1.165) is 43.7 Å². The molecular weight excluding hydrogens is 408 g/mol. The first-order valence-corrected chi connectivity index (χ1v) is 11.6. The number of fused-ring (bicyclic) bond motifs is 5. The average molecular weight is 437 g/mol. The van der Waals surface area contributed by atoms with Gasteiger partial charge in [-0.15, -0.1) is 0 Å². The monoisotopic (exact) mass is 436 g/mol. The maximum Gasteiger partial charge on any atom is 0.328 e. The van der Waals surface area contributed by atoms with Crippen LogP contribution in [0.15, 0.2) is 16.9 Å². The molecule has 1 saturated carbocycles. The summed E-state index contributed by atoms with van der Waals surface area (Å²) in [5, 5.41) is 0. The number of nitrogens with one attached hydrogen (secondary N) is 1. The minimum Gasteiger partial charge on any atom is -0.494 e. The molecule has 3 aliphatic rings. The van der Waals surface area contributed by atoms with Crippen LogP contribution in [-0.4, -0.2) is 50.2 Å². The van der Waals surface area contributed by atoms with Crippen LogP contribution in [-0.2, 0) is 19.5 Å². The zero-order chi connectivity index (χ0) is 21.7. The maximum atomic E-state index is 12.9. The second kappa shape index (κ2) is 7.81. The number of anilines is 1. The molecule has 9 heteroatoms. The Morgan fingerprint density at radius 3 is 2.66 bits per heavy atom. The molecule has 0 unspecified atom stereocenters. The van der Waals surface area contributed by atoms with E-state index in [1.807, 2.05) is 0 Å². The molecule has 0 amide bonds. The van der Waals surface area contributed by atoms with E-state index in [1.165, 1.54) is 30.4 Å². The molecule has 6 rings (SSSR count). The van der Waals surface area contributed by atoms with Gasteiger partial charge in [0.05, 0.1) is 19.8 Å².